The van der Waals surface area contributed by atoms with Gasteiger partial charge in [-0.05, 0) is 37.2 Å². The van der Waals surface area contributed by atoms with Crippen molar-refractivity contribution < 1.29 is 9.84 Å². The maximum Gasteiger partial charge on any atom is 0.119 e. The lowest BCUT2D eigenvalue weighted by Gasteiger charge is -2.13. The molecule has 0 aliphatic rings. The lowest BCUT2D eigenvalue weighted by atomic mass is 10.2. The number of nitrogens with one attached hydrogen (secondary N) is 1. The minimum Gasteiger partial charge on any atom is -0.491 e. The molecular weight excluding hydrogens is 252 g/mol. The van der Waals surface area contributed by atoms with Gasteiger partial charge in [0.15, 0.2) is 0 Å². The van der Waals surface area contributed by atoms with Crippen molar-refractivity contribution in [1.82, 2.24) is 5.32 Å². The van der Waals surface area contributed by atoms with Gasteiger partial charge >= 0.3 is 0 Å². The van der Waals surface area contributed by atoms with Gasteiger partial charge in [-0.15, -0.1) is 0 Å². The van der Waals surface area contributed by atoms with Gasteiger partial charge in [0.2, 0.25) is 0 Å². The van der Waals surface area contributed by atoms with Crippen LogP contribution in [0.3, 0.4) is 0 Å². The number of nitrogens with zero attached hydrogens (tertiary/aromatic N) is 1. The van der Waals surface area contributed by atoms with E-state index in [1.807, 2.05) is 0 Å². The Morgan fingerprint density at radius 3 is 2.65 bits per heavy atom. The average Bonchev–Trinajstić information content (AvgIpc) is 2.49. The second-order valence-electron chi connectivity index (χ2n) is 4.87. The SMILES string of the molecule is CCCCCCNCC(O)COc1ccc(C#N)cc1. The molecule has 4 heteroatoms. The normalized spacial score (nSPS) is 11.8. The number of hydrogen-bond acceptors (Lipinski definition) is 4. The second-order valence-corrected chi connectivity index (χ2v) is 4.87. The molecule has 0 saturated heterocycles. The Hall–Kier alpha value is -1.57. The molecule has 2 N–H and O–H groups in total. The minimum absolute atomic E-state index is 0.258. The van der Waals surface area contributed by atoms with E-state index in [2.05, 4.69) is 18.3 Å². The van der Waals surface area contributed by atoms with E-state index in [9.17, 15) is 5.11 Å². The van der Waals surface area contributed by atoms with Crippen LogP contribution in [0.1, 0.15) is 38.2 Å². The summed E-state index contributed by atoms with van der Waals surface area (Å²) in [5.74, 6) is 0.672. The number of rotatable bonds is 10. The molecule has 0 heterocycles. The van der Waals surface area contributed by atoms with Crippen molar-refractivity contribution in [3.63, 3.8) is 0 Å². The molecule has 1 aromatic carbocycles. The summed E-state index contributed by atoms with van der Waals surface area (Å²) in [6, 6.07) is 8.94. The Morgan fingerprint density at radius 1 is 1.25 bits per heavy atom. The highest BCUT2D eigenvalue weighted by molar-refractivity contribution is 5.34. The molecule has 20 heavy (non-hydrogen) atoms. The molecule has 0 aromatic heterocycles. The zero-order chi connectivity index (χ0) is 14.6. The monoisotopic (exact) mass is 276 g/mol. The number of aliphatic hydroxyl groups excluding tert-OH is 1. The summed E-state index contributed by atoms with van der Waals surface area (Å²) in [4.78, 5) is 0. The standard InChI is InChI=1S/C16H24N2O2/c1-2-3-4-5-10-18-12-15(19)13-20-16-8-6-14(11-17)7-9-16/h6-9,15,18-19H,2-5,10,12-13H2,1H3. The lowest BCUT2D eigenvalue weighted by molar-refractivity contribution is 0.106. The highest BCUT2D eigenvalue weighted by Crippen LogP contribution is 2.11. The van der Waals surface area contributed by atoms with Gasteiger partial charge in [-0.25, -0.2) is 0 Å². The van der Waals surface area contributed by atoms with Gasteiger partial charge in [0, 0.05) is 6.54 Å². The molecule has 1 atom stereocenters. The molecule has 1 unspecified atom stereocenters. The van der Waals surface area contributed by atoms with Crippen LogP contribution in [0, 0.1) is 11.3 Å². The van der Waals surface area contributed by atoms with Gasteiger partial charge in [0.1, 0.15) is 18.5 Å². The summed E-state index contributed by atoms with van der Waals surface area (Å²) < 4.78 is 5.46. The number of hydrogen-bond donors (Lipinski definition) is 2. The highest BCUT2D eigenvalue weighted by Gasteiger charge is 2.04. The smallest absolute Gasteiger partial charge is 0.119 e. The Bertz CT molecular complexity index is 398. The first-order valence-corrected chi connectivity index (χ1v) is 7.28. The van der Waals surface area contributed by atoms with Crippen LogP contribution in [-0.4, -0.2) is 30.9 Å². The summed E-state index contributed by atoms with van der Waals surface area (Å²) in [5.41, 5.74) is 0.603. The third kappa shape index (κ3) is 7.13. The van der Waals surface area contributed by atoms with Crippen LogP contribution in [0.4, 0.5) is 0 Å². The summed E-state index contributed by atoms with van der Waals surface area (Å²) in [6.45, 7) is 3.93. The summed E-state index contributed by atoms with van der Waals surface area (Å²) in [5, 5.41) is 21.7. The fourth-order valence-electron chi connectivity index (χ4n) is 1.82. The number of ether oxygens (including phenoxy) is 1. The first kappa shape index (κ1) is 16.5. The van der Waals surface area contributed by atoms with Crippen molar-refractivity contribution in [2.45, 2.75) is 38.7 Å². The van der Waals surface area contributed by atoms with Crippen LogP contribution >= 0.6 is 0 Å². The zero-order valence-corrected chi connectivity index (χ0v) is 12.1. The van der Waals surface area contributed by atoms with Gasteiger partial charge in [-0.1, -0.05) is 26.2 Å². The Balaban J connectivity index is 2.10. The van der Waals surface area contributed by atoms with Crippen LogP contribution < -0.4 is 10.1 Å². The van der Waals surface area contributed by atoms with Gasteiger partial charge in [0.05, 0.1) is 11.6 Å². The maximum atomic E-state index is 9.77. The minimum atomic E-state index is -0.517. The molecule has 0 saturated carbocycles. The quantitative estimate of drug-likeness (QED) is 0.644. The van der Waals surface area contributed by atoms with E-state index in [0.29, 0.717) is 17.9 Å². The Morgan fingerprint density at radius 2 is 2.00 bits per heavy atom. The maximum absolute atomic E-state index is 9.77. The fraction of sp³-hybridized carbons (Fsp3) is 0.562. The van der Waals surface area contributed by atoms with E-state index in [1.165, 1.54) is 19.3 Å². The van der Waals surface area contributed by atoms with E-state index in [4.69, 9.17) is 10.00 Å². The van der Waals surface area contributed by atoms with Gasteiger partial charge in [0.25, 0.3) is 0 Å². The predicted octanol–water partition coefficient (Wildman–Crippen LogP) is 2.47. The van der Waals surface area contributed by atoms with Crippen molar-refractivity contribution >= 4 is 0 Å². The summed E-state index contributed by atoms with van der Waals surface area (Å²) in [6.07, 6.45) is 4.38. The second kappa shape index (κ2) is 10.2. The van der Waals surface area contributed by atoms with Gasteiger partial charge in [-0.3, -0.25) is 0 Å². The molecule has 0 radical (unpaired) electrons. The molecule has 0 spiro atoms. The molecule has 0 fully saturated rings. The molecule has 0 amide bonds. The first-order valence-electron chi connectivity index (χ1n) is 7.28. The van der Waals surface area contributed by atoms with Crippen molar-refractivity contribution in [2.24, 2.45) is 0 Å². The van der Waals surface area contributed by atoms with Crippen molar-refractivity contribution in [2.75, 3.05) is 19.7 Å². The Labute approximate surface area is 121 Å². The number of unbranched alkanes of at least 4 members (excludes halogenated alkanes) is 3. The summed E-state index contributed by atoms with van der Waals surface area (Å²) >= 11 is 0. The van der Waals surface area contributed by atoms with E-state index >= 15 is 0 Å². The van der Waals surface area contributed by atoms with E-state index < -0.39 is 6.10 Å². The predicted molar refractivity (Wildman–Crippen MR) is 79.7 cm³/mol. The molecule has 0 aliphatic carbocycles. The molecular formula is C16H24N2O2. The number of nitriles is 1. The van der Waals surface area contributed by atoms with E-state index in [0.717, 1.165) is 13.0 Å². The van der Waals surface area contributed by atoms with Crippen molar-refractivity contribution in [3.05, 3.63) is 29.8 Å². The van der Waals surface area contributed by atoms with Crippen LogP contribution in [0.15, 0.2) is 24.3 Å². The van der Waals surface area contributed by atoms with Crippen molar-refractivity contribution in [3.8, 4) is 11.8 Å². The third-order valence-corrected chi connectivity index (χ3v) is 3.01. The van der Waals surface area contributed by atoms with E-state index in [-0.39, 0.29) is 6.61 Å². The average molecular weight is 276 g/mol. The highest BCUT2D eigenvalue weighted by atomic mass is 16.5. The third-order valence-electron chi connectivity index (χ3n) is 3.01. The van der Waals surface area contributed by atoms with Crippen LogP contribution in [0.5, 0.6) is 5.75 Å². The largest absolute Gasteiger partial charge is 0.491 e. The summed E-state index contributed by atoms with van der Waals surface area (Å²) in [7, 11) is 0. The van der Waals surface area contributed by atoms with E-state index in [1.54, 1.807) is 24.3 Å². The molecule has 4 nitrogen and oxygen atoms in total. The van der Waals surface area contributed by atoms with Crippen LogP contribution in [0.25, 0.3) is 0 Å². The first-order chi connectivity index (χ1) is 9.76. The number of benzene rings is 1. The topological polar surface area (TPSA) is 65.3 Å². The molecule has 0 bridgehead atoms. The fourth-order valence-corrected chi connectivity index (χ4v) is 1.82. The van der Waals surface area contributed by atoms with Crippen molar-refractivity contribution in [1.29, 1.82) is 5.26 Å². The van der Waals surface area contributed by atoms with Gasteiger partial charge in [-0.2, -0.15) is 5.26 Å². The van der Waals surface area contributed by atoms with Crippen LogP contribution in [0.2, 0.25) is 0 Å². The molecule has 1 rings (SSSR count). The zero-order valence-electron chi connectivity index (χ0n) is 12.1. The molecule has 0 aliphatic heterocycles. The van der Waals surface area contributed by atoms with Gasteiger partial charge < -0.3 is 15.2 Å². The van der Waals surface area contributed by atoms with Crippen LogP contribution in [-0.2, 0) is 0 Å². The molecule has 1 aromatic rings. The lowest BCUT2D eigenvalue weighted by Crippen LogP contribution is -2.32. The number of aliphatic hydroxyl groups is 1. The molecule has 110 valence electrons. The Kier molecular flexibility index (Phi) is 8.44.